The summed E-state index contributed by atoms with van der Waals surface area (Å²) in [6, 6.07) is 12.1. The first-order valence-corrected chi connectivity index (χ1v) is 11.3. The second-order valence-electron chi connectivity index (χ2n) is 8.07. The molecule has 9 heteroatoms. The summed E-state index contributed by atoms with van der Waals surface area (Å²) in [4.78, 5) is 41.7. The van der Waals surface area contributed by atoms with Crippen molar-refractivity contribution in [1.82, 2.24) is 9.80 Å². The molecule has 0 radical (unpaired) electrons. The Morgan fingerprint density at radius 2 is 1.65 bits per heavy atom. The van der Waals surface area contributed by atoms with E-state index in [-0.39, 0.29) is 11.3 Å². The van der Waals surface area contributed by atoms with Gasteiger partial charge in [-0.3, -0.25) is 14.5 Å². The molecule has 1 amide bonds. The maximum atomic E-state index is 13.1. The lowest BCUT2D eigenvalue weighted by molar-refractivity contribution is -0.140. The molecule has 2 saturated heterocycles. The van der Waals surface area contributed by atoms with E-state index in [1.807, 2.05) is 0 Å². The Morgan fingerprint density at radius 3 is 2.26 bits per heavy atom. The van der Waals surface area contributed by atoms with Crippen LogP contribution >= 0.6 is 11.6 Å². The first-order valence-electron chi connectivity index (χ1n) is 10.9. The molecule has 0 saturated carbocycles. The third-order valence-corrected chi connectivity index (χ3v) is 6.32. The predicted molar refractivity (Wildman–Crippen MR) is 126 cm³/mol. The summed E-state index contributed by atoms with van der Waals surface area (Å²) < 4.78 is 10.1. The largest absolute Gasteiger partial charge is 0.507 e. The monoisotopic (exact) mass is 484 g/mol. The van der Waals surface area contributed by atoms with Gasteiger partial charge in [0, 0.05) is 36.8 Å². The average Bonchev–Trinajstić information content (AvgIpc) is 3.12. The highest BCUT2D eigenvalue weighted by molar-refractivity contribution is 6.46. The first kappa shape index (κ1) is 23.9. The number of ether oxygens (including phenoxy) is 2. The van der Waals surface area contributed by atoms with Crippen LogP contribution in [0.25, 0.3) is 5.76 Å². The number of benzene rings is 2. The molecule has 0 spiro atoms. The smallest absolute Gasteiger partial charge is 0.337 e. The van der Waals surface area contributed by atoms with E-state index in [2.05, 4.69) is 4.90 Å². The van der Waals surface area contributed by atoms with Gasteiger partial charge in [0.15, 0.2) is 0 Å². The van der Waals surface area contributed by atoms with Gasteiger partial charge in [-0.2, -0.15) is 0 Å². The van der Waals surface area contributed by atoms with E-state index in [1.54, 1.807) is 48.5 Å². The first-order chi connectivity index (χ1) is 16.4. The molecule has 2 aliphatic heterocycles. The highest BCUT2D eigenvalue weighted by Crippen LogP contribution is 2.39. The fourth-order valence-electron chi connectivity index (χ4n) is 4.21. The van der Waals surface area contributed by atoms with Crippen molar-refractivity contribution in [3.63, 3.8) is 0 Å². The van der Waals surface area contributed by atoms with E-state index in [1.165, 1.54) is 12.0 Å². The summed E-state index contributed by atoms with van der Waals surface area (Å²) in [6.07, 6.45) is 0. The Hall–Kier alpha value is -3.20. The van der Waals surface area contributed by atoms with Gasteiger partial charge in [0.1, 0.15) is 5.76 Å². The van der Waals surface area contributed by atoms with Gasteiger partial charge in [-0.1, -0.05) is 23.7 Å². The van der Waals surface area contributed by atoms with Crippen molar-refractivity contribution in [3.8, 4) is 0 Å². The average molecular weight is 485 g/mol. The van der Waals surface area contributed by atoms with Crippen molar-refractivity contribution in [2.45, 2.75) is 6.04 Å². The lowest BCUT2D eigenvalue weighted by Crippen LogP contribution is -2.42. The molecule has 2 fully saturated rings. The minimum atomic E-state index is -0.802. The molecule has 0 bridgehead atoms. The number of nitrogens with zero attached hydrogens (tertiary/aromatic N) is 2. The topological polar surface area (TPSA) is 96.4 Å². The van der Waals surface area contributed by atoms with Gasteiger partial charge in [-0.25, -0.2) is 4.79 Å². The number of morpholine rings is 1. The van der Waals surface area contributed by atoms with Crippen LogP contribution in [0.2, 0.25) is 5.02 Å². The van der Waals surface area contributed by atoms with Crippen LogP contribution in [0.3, 0.4) is 0 Å². The number of halogens is 1. The Balaban J connectivity index is 1.73. The van der Waals surface area contributed by atoms with E-state index < -0.39 is 23.7 Å². The molecule has 178 valence electrons. The molecule has 2 aliphatic rings. The number of hydrogen-bond acceptors (Lipinski definition) is 7. The van der Waals surface area contributed by atoms with Gasteiger partial charge in [-0.05, 0) is 42.0 Å². The SMILES string of the molecule is COC(=O)c1ccc([C@H]2/C(=C(\O)c3ccc(Cl)cc3)C(=O)C(=O)N2CCN2CCOCC2)cc1. The molecule has 2 aromatic rings. The Morgan fingerprint density at radius 1 is 1.03 bits per heavy atom. The maximum absolute atomic E-state index is 13.1. The normalized spacial score (nSPS) is 20.5. The van der Waals surface area contributed by atoms with Crippen LogP contribution in [0.5, 0.6) is 0 Å². The summed E-state index contributed by atoms with van der Waals surface area (Å²) in [7, 11) is 1.29. The van der Waals surface area contributed by atoms with Gasteiger partial charge < -0.3 is 19.5 Å². The summed E-state index contributed by atoms with van der Waals surface area (Å²) in [6.45, 7) is 3.58. The van der Waals surface area contributed by atoms with Crippen LogP contribution in [0.1, 0.15) is 27.5 Å². The van der Waals surface area contributed by atoms with Gasteiger partial charge in [-0.15, -0.1) is 0 Å². The standard InChI is InChI=1S/C25H25ClN2O6/c1-33-25(32)18-4-2-16(3-5-18)21-20(22(29)17-6-8-19(26)9-7-17)23(30)24(31)28(21)11-10-27-12-14-34-15-13-27/h2-9,21,29H,10-15H2,1H3/b22-20+/t21-/m0/s1. The predicted octanol–water partition coefficient (Wildman–Crippen LogP) is 2.88. The quantitative estimate of drug-likeness (QED) is 0.291. The highest BCUT2D eigenvalue weighted by Gasteiger charge is 2.46. The second kappa shape index (κ2) is 10.4. The number of carbonyl (C=O) groups is 3. The number of aliphatic hydroxyl groups is 1. The van der Waals surface area contributed by atoms with Crippen molar-refractivity contribution >= 4 is 35.0 Å². The molecule has 1 N–H and O–H groups in total. The van der Waals surface area contributed by atoms with Crippen molar-refractivity contribution in [3.05, 3.63) is 75.8 Å². The number of Topliss-reactive ketones (excluding diaryl/α,β-unsaturated/α-hetero) is 1. The molecule has 2 aromatic carbocycles. The minimum absolute atomic E-state index is 0.000109. The van der Waals surface area contributed by atoms with Crippen molar-refractivity contribution in [1.29, 1.82) is 0 Å². The summed E-state index contributed by atoms with van der Waals surface area (Å²) >= 11 is 5.96. The zero-order chi connectivity index (χ0) is 24.2. The highest BCUT2D eigenvalue weighted by atomic mass is 35.5. The number of aliphatic hydroxyl groups excluding tert-OH is 1. The van der Waals surface area contributed by atoms with E-state index in [9.17, 15) is 19.5 Å². The number of hydrogen-bond donors (Lipinski definition) is 1. The zero-order valence-corrected chi connectivity index (χ0v) is 19.5. The van der Waals surface area contributed by atoms with Gasteiger partial charge in [0.25, 0.3) is 11.7 Å². The third kappa shape index (κ3) is 4.84. The molecule has 1 atom stereocenters. The van der Waals surface area contributed by atoms with Crippen molar-refractivity contribution < 1.29 is 29.0 Å². The van der Waals surface area contributed by atoms with Crippen LogP contribution in [-0.4, -0.2) is 79.1 Å². The molecule has 34 heavy (non-hydrogen) atoms. The number of ketones is 1. The minimum Gasteiger partial charge on any atom is -0.507 e. The fraction of sp³-hybridized carbons (Fsp3) is 0.320. The Labute approximate surface area is 202 Å². The molecule has 0 aromatic heterocycles. The lowest BCUT2D eigenvalue weighted by Gasteiger charge is -2.31. The summed E-state index contributed by atoms with van der Waals surface area (Å²) in [5.41, 5.74) is 1.32. The van der Waals surface area contributed by atoms with Gasteiger partial charge in [0.05, 0.1) is 37.5 Å². The van der Waals surface area contributed by atoms with E-state index in [0.717, 1.165) is 13.1 Å². The molecule has 4 rings (SSSR count). The van der Waals surface area contributed by atoms with Gasteiger partial charge >= 0.3 is 5.97 Å². The molecule has 2 heterocycles. The van der Waals surface area contributed by atoms with Crippen LogP contribution < -0.4 is 0 Å². The zero-order valence-electron chi connectivity index (χ0n) is 18.7. The van der Waals surface area contributed by atoms with E-state index >= 15 is 0 Å². The molecule has 0 aliphatic carbocycles. The number of amides is 1. The van der Waals surface area contributed by atoms with Crippen LogP contribution in [0.15, 0.2) is 54.1 Å². The van der Waals surface area contributed by atoms with Crippen molar-refractivity contribution in [2.24, 2.45) is 0 Å². The number of esters is 1. The van der Waals surface area contributed by atoms with Gasteiger partial charge in [0.2, 0.25) is 0 Å². The van der Waals surface area contributed by atoms with Crippen molar-refractivity contribution in [2.75, 3.05) is 46.5 Å². The molecule has 8 nitrogen and oxygen atoms in total. The number of carbonyl (C=O) groups excluding carboxylic acids is 3. The molecular weight excluding hydrogens is 460 g/mol. The van der Waals surface area contributed by atoms with E-state index in [0.29, 0.717) is 48.0 Å². The number of methoxy groups -OCH3 is 1. The van der Waals surface area contributed by atoms with Crippen LogP contribution in [0, 0.1) is 0 Å². The lowest BCUT2D eigenvalue weighted by atomic mass is 9.94. The maximum Gasteiger partial charge on any atom is 0.337 e. The Kier molecular flexibility index (Phi) is 7.31. The fourth-order valence-corrected chi connectivity index (χ4v) is 4.34. The second-order valence-corrected chi connectivity index (χ2v) is 8.50. The molecule has 0 unspecified atom stereocenters. The third-order valence-electron chi connectivity index (χ3n) is 6.07. The van der Waals surface area contributed by atoms with Crippen LogP contribution in [0.4, 0.5) is 0 Å². The summed E-state index contributed by atoms with van der Waals surface area (Å²) in [5.74, 6) is -2.19. The number of likely N-dealkylation sites (tertiary alicyclic amines) is 1. The van der Waals surface area contributed by atoms with E-state index in [4.69, 9.17) is 21.1 Å². The Bertz CT molecular complexity index is 1110. The molecular formula is C25H25ClN2O6. The number of rotatable bonds is 6. The van der Waals surface area contributed by atoms with Crippen LogP contribution in [-0.2, 0) is 19.1 Å². The summed E-state index contributed by atoms with van der Waals surface area (Å²) in [5, 5.41) is 11.6.